The first-order valence-corrected chi connectivity index (χ1v) is 7.51. The first-order chi connectivity index (χ1) is 9.38. The zero-order chi connectivity index (χ0) is 13.1. The highest BCUT2D eigenvalue weighted by Crippen LogP contribution is 2.32. The zero-order valence-electron chi connectivity index (χ0n) is 11.8. The summed E-state index contributed by atoms with van der Waals surface area (Å²) in [5.41, 5.74) is 0. The third kappa shape index (κ3) is 3.15. The van der Waals surface area contributed by atoms with Crippen molar-refractivity contribution < 1.29 is 4.74 Å². The van der Waals surface area contributed by atoms with Gasteiger partial charge in [0.05, 0.1) is 13.2 Å². The van der Waals surface area contributed by atoms with E-state index in [9.17, 15) is 0 Å². The monoisotopic (exact) mass is 264 g/mol. The van der Waals surface area contributed by atoms with Gasteiger partial charge in [-0.05, 0) is 31.6 Å². The molecule has 0 bridgehead atoms. The lowest BCUT2D eigenvalue weighted by atomic mass is 10.2. The number of nitrogens with zero attached hydrogens (tertiary/aromatic N) is 3. The molecular weight excluding hydrogens is 240 g/mol. The third-order valence-corrected chi connectivity index (χ3v) is 4.25. The van der Waals surface area contributed by atoms with Crippen molar-refractivity contribution in [2.45, 2.75) is 57.7 Å². The largest absolute Gasteiger partial charge is 0.383 e. The second-order valence-electron chi connectivity index (χ2n) is 5.77. The van der Waals surface area contributed by atoms with Crippen molar-refractivity contribution in [2.24, 2.45) is 5.92 Å². The van der Waals surface area contributed by atoms with Crippen LogP contribution in [0.5, 0.6) is 0 Å². The van der Waals surface area contributed by atoms with Crippen LogP contribution >= 0.6 is 0 Å². The van der Waals surface area contributed by atoms with Gasteiger partial charge in [-0.1, -0.05) is 6.42 Å². The van der Waals surface area contributed by atoms with Gasteiger partial charge in [-0.3, -0.25) is 0 Å². The molecule has 106 valence electrons. The third-order valence-electron chi connectivity index (χ3n) is 4.25. The van der Waals surface area contributed by atoms with E-state index in [0.717, 1.165) is 37.9 Å². The van der Waals surface area contributed by atoms with Gasteiger partial charge in [0.2, 0.25) is 0 Å². The number of rotatable bonds is 6. The topological polar surface area (TPSA) is 52.0 Å². The number of aryl methyl sites for hydroxylation is 1. The lowest BCUT2D eigenvalue weighted by molar-refractivity contribution is 0.156. The van der Waals surface area contributed by atoms with Gasteiger partial charge < -0.3 is 14.6 Å². The number of aromatic nitrogens is 3. The molecule has 5 nitrogen and oxygen atoms in total. The predicted octanol–water partition coefficient (Wildman–Crippen LogP) is 1.52. The van der Waals surface area contributed by atoms with Crippen LogP contribution in [0.3, 0.4) is 0 Å². The number of ether oxygens (including phenoxy) is 1. The lowest BCUT2D eigenvalue weighted by Gasteiger charge is -2.17. The van der Waals surface area contributed by atoms with E-state index in [2.05, 4.69) is 20.1 Å². The molecule has 0 aromatic carbocycles. The minimum atomic E-state index is 0.476. The molecule has 0 spiro atoms. The average Bonchev–Trinajstić information content (AvgIpc) is 3.21. The minimum Gasteiger partial charge on any atom is -0.383 e. The highest BCUT2D eigenvalue weighted by molar-refractivity contribution is 4.98. The molecule has 0 radical (unpaired) electrons. The Morgan fingerprint density at radius 1 is 1.32 bits per heavy atom. The average molecular weight is 264 g/mol. The van der Waals surface area contributed by atoms with E-state index in [4.69, 9.17) is 4.74 Å². The predicted molar refractivity (Wildman–Crippen MR) is 72.8 cm³/mol. The molecule has 0 unspecified atom stereocenters. The summed E-state index contributed by atoms with van der Waals surface area (Å²) in [7, 11) is 1.78. The number of fused-ring (bicyclic) bond motifs is 1. The number of nitrogens with one attached hydrogen (secondary N) is 1. The second kappa shape index (κ2) is 6.01. The van der Waals surface area contributed by atoms with E-state index in [1.807, 2.05) is 0 Å². The number of hydrogen-bond acceptors (Lipinski definition) is 4. The van der Waals surface area contributed by atoms with Crippen molar-refractivity contribution >= 4 is 0 Å². The Bertz CT molecular complexity index is 414. The van der Waals surface area contributed by atoms with Crippen LogP contribution in [0.15, 0.2) is 0 Å². The maximum atomic E-state index is 5.30. The van der Waals surface area contributed by atoms with Crippen molar-refractivity contribution in [3.63, 3.8) is 0 Å². The van der Waals surface area contributed by atoms with Crippen molar-refractivity contribution in [3.8, 4) is 0 Å². The summed E-state index contributed by atoms with van der Waals surface area (Å²) in [6.45, 7) is 2.70. The van der Waals surface area contributed by atoms with Crippen LogP contribution in [0.1, 0.15) is 43.8 Å². The first kappa shape index (κ1) is 13.1. The SMILES string of the molecule is COC[C@@H](NCc1nnc2n1CCCCC2)C1CC1. The fraction of sp³-hybridized carbons (Fsp3) is 0.857. The zero-order valence-corrected chi connectivity index (χ0v) is 11.8. The van der Waals surface area contributed by atoms with E-state index >= 15 is 0 Å². The molecule has 2 heterocycles. The summed E-state index contributed by atoms with van der Waals surface area (Å²) in [5, 5.41) is 12.3. The molecule has 1 aliphatic heterocycles. The van der Waals surface area contributed by atoms with E-state index < -0.39 is 0 Å². The number of hydrogen-bond donors (Lipinski definition) is 1. The van der Waals surface area contributed by atoms with Crippen molar-refractivity contribution in [2.75, 3.05) is 13.7 Å². The Balaban J connectivity index is 1.61. The molecule has 1 aromatic heterocycles. The van der Waals surface area contributed by atoms with E-state index in [-0.39, 0.29) is 0 Å². The van der Waals surface area contributed by atoms with Crippen molar-refractivity contribution in [3.05, 3.63) is 11.6 Å². The molecule has 19 heavy (non-hydrogen) atoms. The molecule has 0 saturated heterocycles. The fourth-order valence-corrected chi connectivity index (χ4v) is 2.94. The van der Waals surface area contributed by atoms with Crippen LogP contribution in [-0.4, -0.2) is 34.5 Å². The van der Waals surface area contributed by atoms with Crippen LogP contribution in [0.4, 0.5) is 0 Å². The molecule has 0 amide bonds. The normalized spacial score (nSPS) is 20.9. The highest BCUT2D eigenvalue weighted by atomic mass is 16.5. The Hall–Kier alpha value is -0.940. The lowest BCUT2D eigenvalue weighted by Crippen LogP contribution is -2.35. The summed E-state index contributed by atoms with van der Waals surface area (Å²) in [6.07, 6.45) is 7.56. The van der Waals surface area contributed by atoms with Crippen LogP contribution in [0, 0.1) is 5.92 Å². The summed E-state index contributed by atoms with van der Waals surface area (Å²) in [6, 6.07) is 0.476. The van der Waals surface area contributed by atoms with E-state index in [0.29, 0.717) is 6.04 Å². The van der Waals surface area contributed by atoms with Gasteiger partial charge in [-0.2, -0.15) is 0 Å². The van der Waals surface area contributed by atoms with Crippen LogP contribution in [0.25, 0.3) is 0 Å². The standard InChI is InChI=1S/C14H24N4O/c1-19-10-12(11-6-7-11)15-9-14-17-16-13-5-3-2-4-8-18(13)14/h11-12,15H,2-10H2,1H3/t12-/m1/s1. The minimum absolute atomic E-state index is 0.476. The molecule has 1 atom stereocenters. The summed E-state index contributed by atoms with van der Waals surface area (Å²) < 4.78 is 7.62. The Morgan fingerprint density at radius 3 is 3.00 bits per heavy atom. The molecular formula is C14H24N4O. The van der Waals surface area contributed by atoms with Gasteiger partial charge in [-0.15, -0.1) is 10.2 Å². The molecule has 2 aliphatic rings. The summed E-state index contributed by atoms with van der Waals surface area (Å²) in [5.74, 6) is 3.06. The Morgan fingerprint density at radius 2 is 2.21 bits per heavy atom. The first-order valence-electron chi connectivity index (χ1n) is 7.51. The van der Waals surface area contributed by atoms with Crippen LogP contribution < -0.4 is 5.32 Å². The van der Waals surface area contributed by atoms with Gasteiger partial charge in [0, 0.05) is 26.1 Å². The van der Waals surface area contributed by atoms with Crippen LogP contribution in [-0.2, 0) is 24.2 Å². The molecule has 1 aliphatic carbocycles. The van der Waals surface area contributed by atoms with Gasteiger partial charge in [-0.25, -0.2) is 0 Å². The molecule has 3 rings (SSSR count). The highest BCUT2D eigenvalue weighted by Gasteiger charge is 2.31. The fourth-order valence-electron chi connectivity index (χ4n) is 2.94. The van der Waals surface area contributed by atoms with Crippen molar-refractivity contribution in [1.29, 1.82) is 0 Å². The maximum Gasteiger partial charge on any atom is 0.147 e. The van der Waals surface area contributed by atoms with Gasteiger partial charge in [0.1, 0.15) is 11.6 Å². The van der Waals surface area contributed by atoms with Gasteiger partial charge in [0.15, 0.2) is 0 Å². The molecule has 1 fully saturated rings. The summed E-state index contributed by atoms with van der Waals surface area (Å²) in [4.78, 5) is 0. The summed E-state index contributed by atoms with van der Waals surface area (Å²) >= 11 is 0. The molecule has 1 aromatic rings. The Labute approximate surface area is 114 Å². The second-order valence-corrected chi connectivity index (χ2v) is 5.77. The van der Waals surface area contributed by atoms with E-state index in [1.54, 1.807) is 7.11 Å². The van der Waals surface area contributed by atoms with E-state index in [1.165, 1.54) is 37.9 Å². The van der Waals surface area contributed by atoms with Gasteiger partial charge >= 0.3 is 0 Å². The smallest absolute Gasteiger partial charge is 0.147 e. The Kier molecular flexibility index (Phi) is 4.13. The quantitative estimate of drug-likeness (QED) is 0.846. The maximum absolute atomic E-state index is 5.30. The van der Waals surface area contributed by atoms with Gasteiger partial charge in [0.25, 0.3) is 0 Å². The number of methoxy groups -OCH3 is 1. The molecule has 5 heteroatoms. The molecule has 1 N–H and O–H groups in total. The van der Waals surface area contributed by atoms with Crippen LogP contribution in [0.2, 0.25) is 0 Å². The van der Waals surface area contributed by atoms with Crippen molar-refractivity contribution in [1.82, 2.24) is 20.1 Å². The molecule has 1 saturated carbocycles.